The van der Waals surface area contributed by atoms with Crippen LogP contribution in [-0.2, 0) is 0 Å². The van der Waals surface area contributed by atoms with Gasteiger partial charge in [-0.2, -0.15) is 0 Å². The van der Waals surface area contributed by atoms with Crippen LogP contribution in [0.5, 0.6) is 0 Å². The molecule has 292 valence electrons. The van der Waals surface area contributed by atoms with Gasteiger partial charge in [-0.1, -0.05) is 182 Å². The van der Waals surface area contributed by atoms with E-state index in [9.17, 15) is 0 Å². The van der Waals surface area contributed by atoms with Crippen molar-refractivity contribution in [2.24, 2.45) is 0 Å². The molecule has 3 heteroatoms. The monoisotopic (exact) mass is 814 g/mol. The molecule has 1 spiro atoms. The average molecular weight is 815 g/mol. The van der Waals surface area contributed by atoms with Gasteiger partial charge in [0.25, 0.3) is 0 Å². The summed E-state index contributed by atoms with van der Waals surface area (Å²) in [6.07, 6.45) is 0. The molecule has 0 fully saturated rings. The first-order valence-electron chi connectivity index (χ1n) is 21.9. The van der Waals surface area contributed by atoms with Crippen LogP contribution < -0.4 is 20.7 Å². The summed E-state index contributed by atoms with van der Waals surface area (Å²) in [7, 11) is -2.52. The molecule has 0 atom stereocenters. The maximum atomic E-state index is 2.54. The Morgan fingerprint density at radius 1 is 0.238 bits per heavy atom. The van der Waals surface area contributed by atoms with Crippen molar-refractivity contribution in [3.05, 3.63) is 231 Å². The number of rotatable bonds is 4. The Labute approximate surface area is 366 Å². The lowest BCUT2D eigenvalue weighted by molar-refractivity contribution is 1.16. The number of fused-ring (bicyclic) bond motifs is 16. The van der Waals surface area contributed by atoms with Crippen molar-refractivity contribution in [2.75, 3.05) is 0 Å². The molecule has 2 aliphatic rings. The van der Waals surface area contributed by atoms with Crippen LogP contribution in [0.3, 0.4) is 0 Å². The van der Waals surface area contributed by atoms with Crippen molar-refractivity contribution in [3.8, 4) is 55.9 Å². The summed E-state index contributed by atoms with van der Waals surface area (Å²) in [6, 6.07) is 86.3. The molecule has 0 bridgehead atoms. The first-order valence-corrected chi connectivity index (χ1v) is 23.9. The Morgan fingerprint density at radius 2 is 0.635 bits per heavy atom. The Balaban J connectivity index is 0.927. The topological polar surface area (TPSA) is 9.86 Å². The van der Waals surface area contributed by atoms with E-state index in [0.29, 0.717) is 0 Å². The SMILES string of the molecule is c1ccc(-c2ccc(-n3c4ccccc4c4cc5c6ccccc6n(-c6ccc(-c7ccc8c(c7)[Si]7(c9ccccc9-c9ccccc97)c7ccccc7-8)cc6)c5cc43)cc2)cc1. The van der Waals surface area contributed by atoms with E-state index in [2.05, 4.69) is 240 Å². The van der Waals surface area contributed by atoms with Gasteiger partial charge in [-0.3, -0.25) is 0 Å². The van der Waals surface area contributed by atoms with Crippen molar-refractivity contribution in [1.29, 1.82) is 0 Å². The van der Waals surface area contributed by atoms with Gasteiger partial charge in [-0.05, 0) is 114 Å². The maximum absolute atomic E-state index is 2.54. The summed E-state index contributed by atoms with van der Waals surface area (Å²) in [4.78, 5) is 0. The lowest BCUT2D eigenvalue weighted by Crippen LogP contribution is -2.70. The molecule has 0 saturated heterocycles. The average Bonchev–Trinajstić information content (AvgIpc) is 4.05. The smallest absolute Gasteiger partial charge is 0.182 e. The summed E-state index contributed by atoms with van der Waals surface area (Å²) in [5.74, 6) is 0. The second-order valence-corrected chi connectivity index (χ2v) is 20.9. The molecular formula is C60H38N2Si. The number of nitrogens with zero attached hydrogens (tertiary/aromatic N) is 2. The number of hydrogen-bond acceptors (Lipinski definition) is 0. The van der Waals surface area contributed by atoms with Crippen molar-refractivity contribution >= 4 is 72.4 Å². The van der Waals surface area contributed by atoms with Crippen LogP contribution in [0.25, 0.3) is 99.5 Å². The Bertz CT molecular complexity index is 3770. The minimum Gasteiger partial charge on any atom is -0.309 e. The van der Waals surface area contributed by atoms with Gasteiger partial charge in [0.05, 0.1) is 22.1 Å². The fourth-order valence-corrected chi connectivity index (χ4v) is 17.1. The number of hydrogen-bond donors (Lipinski definition) is 0. The van der Waals surface area contributed by atoms with Gasteiger partial charge in [-0.25, -0.2) is 0 Å². The van der Waals surface area contributed by atoms with Crippen LogP contribution in [0.4, 0.5) is 0 Å². The van der Waals surface area contributed by atoms with E-state index in [4.69, 9.17) is 0 Å². The highest BCUT2D eigenvalue weighted by Gasteiger charge is 2.53. The van der Waals surface area contributed by atoms with Crippen LogP contribution in [0.15, 0.2) is 231 Å². The number of aromatic nitrogens is 2. The molecule has 2 aliphatic heterocycles. The van der Waals surface area contributed by atoms with Gasteiger partial charge in [-0.15, -0.1) is 0 Å². The summed E-state index contributed by atoms with van der Waals surface area (Å²) in [5.41, 5.74) is 17.6. The third-order valence-electron chi connectivity index (χ3n) is 14.2. The standard InChI is InChI=1S/C60H38N2Si/c1-2-14-39(15-3-1)40-26-31-43(32-27-40)61-53-21-9-4-16-45(53)51-37-52-46-17-5-10-22-54(46)62(56(52)38-55(51)61)44-33-28-41(29-34-44)42-30-35-50-49-20-8-13-25-59(49)63(60(50)36-42)57-23-11-6-18-47(57)48-19-7-12-24-58(48)63/h1-38H. The lowest BCUT2D eigenvalue weighted by atomic mass is 10.0. The molecule has 2 nitrogen and oxygen atoms in total. The molecule has 0 aliphatic carbocycles. The van der Waals surface area contributed by atoms with E-state index >= 15 is 0 Å². The fraction of sp³-hybridized carbons (Fsp3) is 0. The minimum absolute atomic E-state index is 1.15. The van der Waals surface area contributed by atoms with E-state index < -0.39 is 8.07 Å². The van der Waals surface area contributed by atoms with Gasteiger partial charge < -0.3 is 9.13 Å². The molecule has 0 saturated carbocycles. The predicted octanol–water partition coefficient (Wildman–Crippen LogP) is 12.6. The van der Waals surface area contributed by atoms with Crippen molar-refractivity contribution in [2.45, 2.75) is 0 Å². The first-order chi connectivity index (χ1) is 31.3. The van der Waals surface area contributed by atoms with E-state index in [-0.39, 0.29) is 0 Å². The molecule has 0 unspecified atom stereocenters. The van der Waals surface area contributed by atoms with Crippen LogP contribution in [0.2, 0.25) is 0 Å². The van der Waals surface area contributed by atoms with E-state index in [0.717, 1.165) is 11.4 Å². The molecule has 10 aromatic carbocycles. The Morgan fingerprint density at radius 3 is 1.16 bits per heavy atom. The normalized spacial score (nSPS) is 13.2. The Hall–Kier alpha value is -7.98. The third-order valence-corrected chi connectivity index (χ3v) is 19.1. The zero-order valence-corrected chi connectivity index (χ0v) is 35.3. The molecule has 14 rings (SSSR count). The second-order valence-electron chi connectivity index (χ2n) is 17.2. The van der Waals surface area contributed by atoms with Gasteiger partial charge in [0, 0.05) is 32.9 Å². The van der Waals surface area contributed by atoms with Crippen LogP contribution in [0, 0.1) is 0 Å². The summed E-state index contributed by atoms with van der Waals surface area (Å²) < 4.78 is 4.90. The molecule has 2 aromatic heterocycles. The molecule has 63 heavy (non-hydrogen) atoms. The first kappa shape index (κ1) is 34.7. The molecule has 0 amide bonds. The van der Waals surface area contributed by atoms with Gasteiger partial charge in [0.2, 0.25) is 0 Å². The number of benzene rings is 10. The van der Waals surface area contributed by atoms with Gasteiger partial charge >= 0.3 is 0 Å². The highest BCUT2D eigenvalue weighted by atomic mass is 28.3. The van der Waals surface area contributed by atoms with Crippen molar-refractivity contribution in [3.63, 3.8) is 0 Å². The molecule has 4 heterocycles. The van der Waals surface area contributed by atoms with E-state index in [1.54, 1.807) is 0 Å². The summed E-state index contributed by atoms with van der Waals surface area (Å²) in [5, 5.41) is 11.1. The lowest BCUT2D eigenvalue weighted by Gasteiger charge is -2.28. The zero-order chi connectivity index (χ0) is 41.2. The van der Waals surface area contributed by atoms with Crippen LogP contribution in [-0.4, -0.2) is 17.2 Å². The quantitative estimate of drug-likeness (QED) is 0.157. The van der Waals surface area contributed by atoms with Crippen molar-refractivity contribution < 1.29 is 0 Å². The summed E-state index contributed by atoms with van der Waals surface area (Å²) in [6.45, 7) is 0. The predicted molar refractivity (Wildman–Crippen MR) is 268 cm³/mol. The summed E-state index contributed by atoms with van der Waals surface area (Å²) >= 11 is 0. The maximum Gasteiger partial charge on any atom is 0.182 e. The fourth-order valence-electron chi connectivity index (χ4n) is 11.5. The minimum atomic E-state index is -2.52. The highest BCUT2D eigenvalue weighted by Crippen LogP contribution is 2.41. The molecule has 0 N–H and O–H groups in total. The largest absolute Gasteiger partial charge is 0.309 e. The number of para-hydroxylation sites is 2. The van der Waals surface area contributed by atoms with Gasteiger partial charge in [0.15, 0.2) is 8.07 Å². The molecule has 0 radical (unpaired) electrons. The van der Waals surface area contributed by atoms with Crippen LogP contribution >= 0.6 is 0 Å². The molecule has 12 aromatic rings. The third kappa shape index (κ3) is 4.72. The zero-order valence-electron chi connectivity index (χ0n) is 34.3. The highest BCUT2D eigenvalue weighted by molar-refractivity contribution is 7.24. The van der Waals surface area contributed by atoms with Gasteiger partial charge in [0.1, 0.15) is 0 Å². The van der Waals surface area contributed by atoms with Crippen LogP contribution in [0.1, 0.15) is 0 Å². The van der Waals surface area contributed by atoms with E-state index in [1.165, 1.54) is 109 Å². The molecular weight excluding hydrogens is 777 g/mol. The second kappa shape index (κ2) is 13.0. The van der Waals surface area contributed by atoms with E-state index in [1.807, 2.05) is 0 Å². The Kier molecular flexibility index (Phi) is 7.17. The van der Waals surface area contributed by atoms with Crippen molar-refractivity contribution in [1.82, 2.24) is 9.13 Å².